The quantitative estimate of drug-likeness (QED) is 0.856. The Bertz CT molecular complexity index is 507. The molecule has 0 aliphatic carbocycles. The van der Waals surface area contributed by atoms with E-state index in [2.05, 4.69) is 30.6 Å². The molecule has 1 nitrogen and oxygen atoms in total. The molecule has 0 saturated heterocycles. The van der Waals surface area contributed by atoms with E-state index in [1.54, 1.807) is 17.4 Å². The van der Waals surface area contributed by atoms with E-state index in [1.165, 1.54) is 16.5 Å². The Morgan fingerprint density at radius 1 is 1.28 bits per heavy atom. The molecule has 0 spiro atoms. The molecule has 0 saturated carbocycles. The van der Waals surface area contributed by atoms with E-state index in [-0.39, 0.29) is 11.9 Å². The summed E-state index contributed by atoms with van der Waals surface area (Å²) >= 11 is 1.74. The smallest absolute Gasteiger partial charge is 0.126 e. The van der Waals surface area contributed by atoms with Crippen molar-refractivity contribution in [1.29, 1.82) is 0 Å². The van der Waals surface area contributed by atoms with Crippen molar-refractivity contribution in [3.63, 3.8) is 0 Å². The summed E-state index contributed by atoms with van der Waals surface area (Å²) in [5.41, 5.74) is 2.05. The van der Waals surface area contributed by atoms with E-state index in [9.17, 15) is 4.39 Å². The Morgan fingerprint density at radius 3 is 2.67 bits per heavy atom. The molecular formula is C15H18FNS. The Balaban J connectivity index is 2.22. The number of rotatable bonds is 5. The van der Waals surface area contributed by atoms with E-state index in [1.807, 2.05) is 12.1 Å². The lowest BCUT2D eigenvalue weighted by Gasteiger charge is -2.18. The van der Waals surface area contributed by atoms with Gasteiger partial charge in [0.05, 0.1) is 0 Å². The molecule has 1 N–H and O–H groups in total. The molecule has 1 aromatic heterocycles. The first-order valence-corrected chi connectivity index (χ1v) is 7.11. The molecule has 1 atom stereocenters. The van der Waals surface area contributed by atoms with Crippen LogP contribution in [0.15, 0.2) is 35.7 Å². The van der Waals surface area contributed by atoms with Crippen LogP contribution in [0.5, 0.6) is 0 Å². The Hall–Kier alpha value is -1.19. The number of halogens is 1. The highest BCUT2D eigenvalue weighted by molar-refractivity contribution is 7.10. The first kappa shape index (κ1) is 13.2. The molecule has 3 heteroatoms. The summed E-state index contributed by atoms with van der Waals surface area (Å²) in [5.74, 6) is -0.117. The topological polar surface area (TPSA) is 12.0 Å². The van der Waals surface area contributed by atoms with Crippen molar-refractivity contribution in [1.82, 2.24) is 5.32 Å². The molecular weight excluding hydrogens is 245 g/mol. The lowest BCUT2D eigenvalue weighted by Crippen LogP contribution is -2.23. The highest BCUT2D eigenvalue weighted by Crippen LogP contribution is 2.26. The predicted octanol–water partition coefficient (Wildman–Crippen LogP) is 4.09. The second-order valence-electron chi connectivity index (χ2n) is 4.34. The summed E-state index contributed by atoms with van der Waals surface area (Å²) in [4.78, 5) is 1.30. The highest BCUT2D eigenvalue weighted by Gasteiger charge is 2.15. The second kappa shape index (κ2) is 6.12. The second-order valence-corrected chi connectivity index (χ2v) is 5.46. The van der Waals surface area contributed by atoms with Gasteiger partial charge in [0, 0.05) is 10.9 Å². The van der Waals surface area contributed by atoms with E-state index in [4.69, 9.17) is 0 Å². The minimum absolute atomic E-state index is 0.117. The monoisotopic (exact) mass is 263 g/mol. The maximum Gasteiger partial charge on any atom is 0.126 e. The van der Waals surface area contributed by atoms with Gasteiger partial charge in [-0.15, -0.1) is 11.3 Å². The van der Waals surface area contributed by atoms with E-state index in [0.29, 0.717) is 6.42 Å². The number of aryl methyl sites for hydroxylation is 1. The van der Waals surface area contributed by atoms with Gasteiger partial charge >= 0.3 is 0 Å². The Morgan fingerprint density at radius 2 is 2.06 bits per heavy atom. The maximum absolute atomic E-state index is 13.7. The lowest BCUT2D eigenvalue weighted by molar-refractivity contribution is 0.527. The van der Waals surface area contributed by atoms with Crippen LogP contribution >= 0.6 is 11.3 Å². The van der Waals surface area contributed by atoms with Gasteiger partial charge in [0.25, 0.3) is 0 Å². The average molecular weight is 263 g/mol. The third-order valence-corrected chi connectivity index (χ3v) is 3.97. The van der Waals surface area contributed by atoms with Crippen LogP contribution in [0.2, 0.25) is 0 Å². The summed E-state index contributed by atoms with van der Waals surface area (Å²) in [7, 11) is 0. The molecule has 1 unspecified atom stereocenters. The van der Waals surface area contributed by atoms with E-state index >= 15 is 0 Å². The normalized spacial score (nSPS) is 12.6. The zero-order valence-electron chi connectivity index (χ0n) is 10.7. The van der Waals surface area contributed by atoms with Gasteiger partial charge in [-0.3, -0.25) is 0 Å². The van der Waals surface area contributed by atoms with Crippen molar-refractivity contribution in [2.24, 2.45) is 0 Å². The number of hydrogen-bond donors (Lipinski definition) is 1. The van der Waals surface area contributed by atoms with Gasteiger partial charge in [-0.05, 0) is 48.5 Å². The fourth-order valence-electron chi connectivity index (χ4n) is 2.18. The van der Waals surface area contributed by atoms with Crippen LogP contribution in [0.25, 0.3) is 0 Å². The van der Waals surface area contributed by atoms with Gasteiger partial charge in [0.2, 0.25) is 0 Å². The van der Waals surface area contributed by atoms with Crippen molar-refractivity contribution in [3.8, 4) is 0 Å². The van der Waals surface area contributed by atoms with Gasteiger partial charge < -0.3 is 5.32 Å². The average Bonchev–Trinajstić information content (AvgIpc) is 2.78. The van der Waals surface area contributed by atoms with Crippen LogP contribution in [-0.2, 0) is 6.42 Å². The first-order chi connectivity index (χ1) is 8.72. The molecule has 18 heavy (non-hydrogen) atoms. The van der Waals surface area contributed by atoms with Gasteiger partial charge in [-0.1, -0.05) is 25.1 Å². The number of benzene rings is 1. The molecule has 1 aromatic carbocycles. The van der Waals surface area contributed by atoms with Crippen LogP contribution in [0, 0.1) is 12.7 Å². The van der Waals surface area contributed by atoms with Gasteiger partial charge in [-0.25, -0.2) is 4.39 Å². The van der Waals surface area contributed by atoms with Gasteiger partial charge in [0.1, 0.15) is 5.82 Å². The largest absolute Gasteiger partial charge is 0.310 e. The standard InChI is InChI=1S/C15H18FNS/c1-3-17-15(13-8-9-18-11(13)2)10-12-6-4-5-7-14(12)16/h4-9,15,17H,3,10H2,1-2H3. The van der Waals surface area contributed by atoms with E-state index in [0.717, 1.165) is 12.1 Å². The van der Waals surface area contributed by atoms with Crippen LogP contribution in [-0.4, -0.2) is 6.54 Å². The van der Waals surface area contributed by atoms with Crippen LogP contribution in [0.4, 0.5) is 4.39 Å². The zero-order valence-corrected chi connectivity index (χ0v) is 11.6. The molecule has 2 aromatic rings. The predicted molar refractivity (Wildman–Crippen MR) is 75.6 cm³/mol. The molecule has 0 fully saturated rings. The molecule has 0 aliphatic rings. The summed E-state index contributed by atoms with van der Waals surface area (Å²) in [5, 5.41) is 5.54. The third kappa shape index (κ3) is 2.98. The summed E-state index contributed by atoms with van der Waals surface area (Å²) in [6.07, 6.45) is 0.693. The fraction of sp³-hybridized carbons (Fsp3) is 0.333. The number of nitrogens with one attached hydrogen (secondary N) is 1. The van der Waals surface area contributed by atoms with Gasteiger partial charge in [0.15, 0.2) is 0 Å². The van der Waals surface area contributed by atoms with Crippen molar-refractivity contribution in [2.45, 2.75) is 26.3 Å². The number of thiophene rings is 1. The number of hydrogen-bond acceptors (Lipinski definition) is 2. The molecule has 1 heterocycles. The first-order valence-electron chi connectivity index (χ1n) is 6.23. The summed E-state index contributed by atoms with van der Waals surface area (Å²) in [6, 6.07) is 9.34. The molecule has 96 valence electrons. The van der Waals surface area contributed by atoms with Crippen LogP contribution in [0.1, 0.15) is 29.0 Å². The van der Waals surface area contributed by atoms with Crippen molar-refractivity contribution in [2.75, 3.05) is 6.54 Å². The van der Waals surface area contributed by atoms with Crippen LogP contribution in [0.3, 0.4) is 0 Å². The van der Waals surface area contributed by atoms with Gasteiger partial charge in [-0.2, -0.15) is 0 Å². The minimum Gasteiger partial charge on any atom is -0.310 e. The minimum atomic E-state index is -0.117. The number of likely N-dealkylation sites (N-methyl/N-ethyl adjacent to an activating group) is 1. The molecule has 0 aliphatic heterocycles. The van der Waals surface area contributed by atoms with Crippen molar-refractivity contribution < 1.29 is 4.39 Å². The Labute approximate surface area is 112 Å². The fourth-order valence-corrected chi connectivity index (χ4v) is 2.94. The molecule has 2 rings (SSSR count). The van der Waals surface area contributed by atoms with E-state index < -0.39 is 0 Å². The molecule has 0 radical (unpaired) electrons. The third-order valence-electron chi connectivity index (χ3n) is 3.11. The van der Waals surface area contributed by atoms with Crippen LogP contribution < -0.4 is 5.32 Å². The molecule has 0 bridgehead atoms. The summed E-state index contributed by atoms with van der Waals surface area (Å²) in [6.45, 7) is 5.08. The molecule has 0 amide bonds. The zero-order chi connectivity index (χ0) is 13.0. The van der Waals surface area contributed by atoms with Crippen molar-refractivity contribution >= 4 is 11.3 Å². The highest BCUT2D eigenvalue weighted by atomic mass is 32.1. The SMILES string of the molecule is CCNC(Cc1ccccc1F)c1ccsc1C. The van der Waals surface area contributed by atoms with Crippen molar-refractivity contribution in [3.05, 3.63) is 57.5 Å². The Kier molecular flexibility index (Phi) is 4.50. The lowest BCUT2D eigenvalue weighted by atomic mass is 9.99. The maximum atomic E-state index is 13.7. The summed E-state index contributed by atoms with van der Waals surface area (Å²) < 4.78 is 13.7.